The molecule has 4 nitrogen and oxygen atoms in total. The van der Waals surface area contributed by atoms with E-state index in [4.69, 9.17) is 4.98 Å². The molecule has 0 atom stereocenters. The molecular formula is C21H29FN4. The Kier molecular flexibility index (Phi) is 6.95. The molecule has 0 aliphatic carbocycles. The van der Waals surface area contributed by atoms with Crippen molar-refractivity contribution >= 4 is 5.95 Å². The van der Waals surface area contributed by atoms with Crippen LogP contribution in [-0.2, 0) is 0 Å². The van der Waals surface area contributed by atoms with E-state index in [0.717, 1.165) is 48.8 Å². The first-order valence-electron chi connectivity index (χ1n) is 9.67. The summed E-state index contributed by atoms with van der Waals surface area (Å²) < 4.78 is 12.4. The highest BCUT2D eigenvalue weighted by Crippen LogP contribution is 2.23. The minimum absolute atomic E-state index is 0.226. The Morgan fingerprint density at radius 3 is 2.69 bits per heavy atom. The van der Waals surface area contributed by atoms with E-state index >= 15 is 0 Å². The molecule has 1 aliphatic rings. The van der Waals surface area contributed by atoms with Gasteiger partial charge < -0.3 is 10.2 Å². The second kappa shape index (κ2) is 9.62. The fraction of sp³-hybridized carbons (Fsp3) is 0.524. The smallest absolute Gasteiger partial charge is 0.223 e. The number of hydrogen-bond acceptors (Lipinski definition) is 4. The molecule has 2 aromatic rings. The third kappa shape index (κ3) is 5.24. The summed E-state index contributed by atoms with van der Waals surface area (Å²) in [7, 11) is 0. The van der Waals surface area contributed by atoms with Gasteiger partial charge in [0.1, 0.15) is 6.67 Å². The first-order valence-corrected chi connectivity index (χ1v) is 9.67. The molecule has 1 aromatic heterocycles. The molecular weight excluding hydrogens is 327 g/mol. The average molecular weight is 356 g/mol. The lowest BCUT2D eigenvalue weighted by atomic mass is 9.92. The normalized spacial score (nSPS) is 15.9. The standard InChI is InChI=1S/C21H29FN4/c1-17-16-24-21(25-20(17)19-7-3-2-4-8-19)23-12-5-6-18-9-13-26(14-10-18)15-11-22/h2-4,7-8,16,18H,5-6,9-15H2,1H3,(H,23,24,25). The lowest BCUT2D eigenvalue weighted by molar-refractivity contribution is 0.167. The fourth-order valence-electron chi connectivity index (χ4n) is 3.62. The van der Waals surface area contributed by atoms with Crippen LogP contribution in [0.5, 0.6) is 0 Å². The van der Waals surface area contributed by atoms with Crippen LogP contribution >= 0.6 is 0 Å². The SMILES string of the molecule is Cc1cnc(NCCCC2CCN(CCF)CC2)nc1-c1ccccc1. The molecule has 0 radical (unpaired) electrons. The van der Waals surface area contributed by atoms with Gasteiger partial charge in [-0.1, -0.05) is 30.3 Å². The summed E-state index contributed by atoms with van der Waals surface area (Å²) in [5.74, 6) is 1.47. The summed E-state index contributed by atoms with van der Waals surface area (Å²) >= 11 is 0. The van der Waals surface area contributed by atoms with Crippen molar-refractivity contribution in [3.8, 4) is 11.3 Å². The van der Waals surface area contributed by atoms with Gasteiger partial charge in [-0.15, -0.1) is 0 Å². The van der Waals surface area contributed by atoms with Crippen molar-refractivity contribution in [2.24, 2.45) is 5.92 Å². The Morgan fingerprint density at radius 1 is 1.19 bits per heavy atom. The molecule has 1 N–H and O–H groups in total. The summed E-state index contributed by atoms with van der Waals surface area (Å²) in [6.07, 6.45) is 6.61. The predicted octanol–water partition coefficient (Wildman–Crippen LogP) is 4.33. The summed E-state index contributed by atoms with van der Waals surface area (Å²) in [4.78, 5) is 11.3. The van der Waals surface area contributed by atoms with Gasteiger partial charge in [-0.05, 0) is 57.2 Å². The van der Waals surface area contributed by atoms with Gasteiger partial charge in [0.05, 0.1) is 5.69 Å². The molecule has 1 saturated heterocycles. The Balaban J connectivity index is 1.44. The number of rotatable bonds is 8. The number of aryl methyl sites for hydroxylation is 1. The second-order valence-electron chi connectivity index (χ2n) is 7.13. The Bertz CT molecular complexity index is 669. The molecule has 1 fully saturated rings. The summed E-state index contributed by atoms with van der Waals surface area (Å²) in [6, 6.07) is 10.2. The van der Waals surface area contributed by atoms with Gasteiger partial charge in [-0.2, -0.15) is 0 Å². The number of nitrogens with zero attached hydrogens (tertiary/aromatic N) is 3. The molecule has 1 aromatic carbocycles. The van der Waals surface area contributed by atoms with Gasteiger partial charge in [-0.3, -0.25) is 0 Å². The molecule has 3 rings (SSSR count). The number of alkyl halides is 1. The molecule has 0 spiro atoms. The minimum Gasteiger partial charge on any atom is -0.354 e. The lowest BCUT2D eigenvalue weighted by Gasteiger charge is -2.31. The van der Waals surface area contributed by atoms with Crippen LogP contribution < -0.4 is 5.32 Å². The number of halogens is 1. The van der Waals surface area contributed by atoms with Crippen LogP contribution in [0.1, 0.15) is 31.2 Å². The second-order valence-corrected chi connectivity index (χ2v) is 7.13. The van der Waals surface area contributed by atoms with Crippen LogP contribution in [0.15, 0.2) is 36.5 Å². The van der Waals surface area contributed by atoms with Gasteiger partial charge in [0.25, 0.3) is 0 Å². The zero-order valence-electron chi connectivity index (χ0n) is 15.6. The number of piperidine rings is 1. The summed E-state index contributed by atoms with van der Waals surface area (Å²) in [5, 5.41) is 3.37. The van der Waals surface area contributed by atoms with Gasteiger partial charge in [0.15, 0.2) is 0 Å². The number of hydrogen-bond donors (Lipinski definition) is 1. The first kappa shape index (κ1) is 18.8. The van der Waals surface area contributed by atoms with Gasteiger partial charge in [0.2, 0.25) is 5.95 Å². The molecule has 0 unspecified atom stereocenters. The van der Waals surface area contributed by atoms with Crippen molar-refractivity contribution in [1.29, 1.82) is 0 Å². The monoisotopic (exact) mass is 356 g/mol. The molecule has 0 bridgehead atoms. The minimum atomic E-state index is -0.226. The maximum Gasteiger partial charge on any atom is 0.223 e. The van der Waals surface area contributed by atoms with Crippen molar-refractivity contribution in [3.63, 3.8) is 0 Å². The Labute approximate surface area is 155 Å². The highest BCUT2D eigenvalue weighted by Gasteiger charge is 2.18. The van der Waals surface area contributed by atoms with Crippen LogP contribution in [0.25, 0.3) is 11.3 Å². The van der Waals surface area contributed by atoms with E-state index in [-0.39, 0.29) is 6.67 Å². The third-order valence-electron chi connectivity index (χ3n) is 5.20. The average Bonchev–Trinajstić information content (AvgIpc) is 2.68. The summed E-state index contributed by atoms with van der Waals surface area (Å²) in [5.41, 5.74) is 3.20. The molecule has 140 valence electrons. The maximum absolute atomic E-state index is 12.4. The molecule has 1 aliphatic heterocycles. The maximum atomic E-state index is 12.4. The van der Waals surface area contributed by atoms with E-state index < -0.39 is 0 Å². The molecule has 0 amide bonds. The van der Waals surface area contributed by atoms with Crippen molar-refractivity contribution in [1.82, 2.24) is 14.9 Å². The summed E-state index contributed by atoms with van der Waals surface area (Å²) in [6.45, 7) is 5.40. The highest BCUT2D eigenvalue weighted by molar-refractivity contribution is 5.63. The van der Waals surface area contributed by atoms with E-state index in [1.807, 2.05) is 31.3 Å². The number of benzene rings is 1. The van der Waals surface area contributed by atoms with E-state index in [1.165, 1.54) is 19.3 Å². The lowest BCUT2D eigenvalue weighted by Crippen LogP contribution is -2.35. The van der Waals surface area contributed by atoms with Crippen LogP contribution in [0.2, 0.25) is 0 Å². The zero-order chi connectivity index (χ0) is 18.2. The van der Waals surface area contributed by atoms with Crippen molar-refractivity contribution in [2.75, 3.05) is 38.2 Å². The first-order chi connectivity index (χ1) is 12.8. The van der Waals surface area contributed by atoms with E-state index in [0.29, 0.717) is 12.5 Å². The van der Waals surface area contributed by atoms with Crippen LogP contribution in [-0.4, -0.2) is 47.7 Å². The number of likely N-dealkylation sites (tertiary alicyclic amines) is 1. The third-order valence-corrected chi connectivity index (χ3v) is 5.20. The van der Waals surface area contributed by atoms with E-state index in [1.54, 1.807) is 0 Å². The molecule has 5 heteroatoms. The Hall–Kier alpha value is -2.01. The van der Waals surface area contributed by atoms with E-state index in [2.05, 4.69) is 27.3 Å². The fourth-order valence-corrected chi connectivity index (χ4v) is 3.62. The zero-order valence-corrected chi connectivity index (χ0v) is 15.6. The number of anilines is 1. The topological polar surface area (TPSA) is 41.1 Å². The van der Waals surface area contributed by atoms with Gasteiger partial charge in [-0.25, -0.2) is 14.4 Å². The van der Waals surface area contributed by atoms with Crippen molar-refractivity contribution < 1.29 is 4.39 Å². The van der Waals surface area contributed by atoms with E-state index in [9.17, 15) is 4.39 Å². The van der Waals surface area contributed by atoms with Crippen molar-refractivity contribution in [2.45, 2.75) is 32.6 Å². The van der Waals surface area contributed by atoms with Crippen LogP contribution in [0, 0.1) is 12.8 Å². The van der Waals surface area contributed by atoms with Gasteiger partial charge in [0, 0.05) is 24.8 Å². The molecule has 2 heterocycles. The molecule has 26 heavy (non-hydrogen) atoms. The van der Waals surface area contributed by atoms with Crippen LogP contribution in [0.4, 0.5) is 10.3 Å². The largest absolute Gasteiger partial charge is 0.354 e. The highest BCUT2D eigenvalue weighted by atomic mass is 19.1. The Morgan fingerprint density at radius 2 is 1.96 bits per heavy atom. The van der Waals surface area contributed by atoms with Crippen LogP contribution in [0.3, 0.4) is 0 Å². The molecule has 0 saturated carbocycles. The van der Waals surface area contributed by atoms with Crippen molar-refractivity contribution in [3.05, 3.63) is 42.1 Å². The number of aromatic nitrogens is 2. The van der Waals surface area contributed by atoms with Gasteiger partial charge >= 0.3 is 0 Å². The quantitative estimate of drug-likeness (QED) is 0.715. The number of nitrogens with one attached hydrogen (secondary N) is 1. The predicted molar refractivity (Wildman–Crippen MR) is 105 cm³/mol.